The van der Waals surface area contributed by atoms with E-state index in [4.69, 9.17) is 9.52 Å². The standard InChI is InChI=1S/C10H13NO5/c1-6(12)8(10(14)15)4-11-9(13)7-2-3-16-5-7/h2-3,5-6,8,12H,4H2,1H3,(H,11,13)(H,14,15)/t6-,8+/m1/s1. The molecule has 1 aromatic rings. The minimum atomic E-state index is -1.15. The first-order valence-corrected chi connectivity index (χ1v) is 4.73. The first kappa shape index (κ1) is 12.3. The highest BCUT2D eigenvalue weighted by Gasteiger charge is 2.23. The van der Waals surface area contributed by atoms with Crippen LogP contribution in [0.4, 0.5) is 0 Å². The molecule has 16 heavy (non-hydrogen) atoms. The summed E-state index contributed by atoms with van der Waals surface area (Å²) in [6, 6.07) is 1.47. The summed E-state index contributed by atoms with van der Waals surface area (Å²) in [5.41, 5.74) is 0.315. The SMILES string of the molecule is C[C@@H](O)[C@H](CNC(=O)c1ccoc1)C(=O)O. The summed E-state index contributed by atoms with van der Waals surface area (Å²) in [5, 5.41) is 20.3. The molecule has 0 aromatic carbocycles. The molecule has 0 saturated carbocycles. The van der Waals surface area contributed by atoms with Crippen LogP contribution in [0.2, 0.25) is 0 Å². The van der Waals surface area contributed by atoms with Crippen molar-refractivity contribution in [2.75, 3.05) is 6.54 Å². The van der Waals surface area contributed by atoms with Gasteiger partial charge in [-0.25, -0.2) is 0 Å². The zero-order valence-corrected chi connectivity index (χ0v) is 8.71. The van der Waals surface area contributed by atoms with E-state index in [2.05, 4.69) is 5.32 Å². The Balaban J connectivity index is 2.50. The minimum absolute atomic E-state index is 0.128. The predicted molar refractivity (Wildman–Crippen MR) is 53.8 cm³/mol. The molecular weight excluding hydrogens is 214 g/mol. The normalized spacial score (nSPS) is 14.1. The van der Waals surface area contributed by atoms with Crippen molar-refractivity contribution in [2.45, 2.75) is 13.0 Å². The van der Waals surface area contributed by atoms with E-state index < -0.39 is 23.9 Å². The van der Waals surface area contributed by atoms with Gasteiger partial charge in [-0.2, -0.15) is 0 Å². The van der Waals surface area contributed by atoms with Crippen molar-refractivity contribution in [3.8, 4) is 0 Å². The van der Waals surface area contributed by atoms with Crippen LogP contribution in [-0.2, 0) is 4.79 Å². The van der Waals surface area contributed by atoms with Crippen LogP contribution in [0.15, 0.2) is 23.0 Å². The summed E-state index contributed by atoms with van der Waals surface area (Å²) >= 11 is 0. The third kappa shape index (κ3) is 3.09. The van der Waals surface area contributed by atoms with E-state index in [1.165, 1.54) is 25.5 Å². The summed E-state index contributed by atoms with van der Waals surface area (Å²) in [6.07, 6.45) is 1.58. The molecule has 3 N–H and O–H groups in total. The van der Waals surface area contributed by atoms with E-state index in [0.717, 1.165) is 0 Å². The number of amides is 1. The molecular formula is C10H13NO5. The lowest BCUT2D eigenvalue weighted by atomic mass is 10.0. The summed E-state index contributed by atoms with van der Waals surface area (Å²) in [7, 11) is 0. The molecule has 1 aromatic heterocycles. The number of hydrogen-bond donors (Lipinski definition) is 3. The van der Waals surface area contributed by atoms with E-state index in [1.807, 2.05) is 0 Å². The van der Waals surface area contributed by atoms with Crippen LogP contribution >= 0.6 is 0 Å². The number of rotatable bonds is 5. The Morgan fingerprint density at radius 2 is 2.25 bits per heavy atom. The van der Waals surface area contributed by atoms with Gasteiger partial charge in [0.05, 0.1) is 23.8 Å². The van der Waals surface area contributed by atoms with Gasteiger partial charge in [-0.05, 0) is 13.0 Å². The molecule has 0 spiro atoms. The number of nitrogens with one attached hydrogen (secondary N) is 1. The third-order valence-electron chi connectivity index (χ3n) is 2.17. The quantitative estimate of drug-likeness (QED) is 0.662. The first-order chi connectivity index (χ1) is 7.52. The van der Waals surface area contributed by atoms with Crippen LogP contribution in [-0.4, -0.2) is 34.7 Å². The number of aliphatic carboxylic acids is 1. The third-order valence-corrected chi connectivity index (χ3v) is 2.17. The molecule has 1 amide bonds. The van der Waals surface area contributed by atoms with Gasteiger partial charge in [-0.3, -0.25) is 9.59 Å². The molecule has 1 heterocycles. The number of furan rings is 1. The van der Waals surface area contributed by atoms with E-state index in [0.29, 0.717) is 5.56 Å². The number of aliphatic hydroxyl groups is 1. The van der Waals surface area contributed by atoms with E-state index in [9.17, 15) is 14.7 Å². The molecule has 2 atom stereocenters. The molecule has 0 aliphatic carbocycles. The van der Waals surface area contributed by atoms with Gasteiger partial charge in [0.25, 0.3) is 5.91 Å². The smallest absolute Gasteiger partial charge is 0.310 e. The summed E-state index contributed by atoms with van der Waals surface area (Å²) < 4.78 is 4.71. The van der Waals surface area contributed by atoms with Crippen molar-refractivity contribution in [2.24, 2.45) is 5.92 Å². The average molecular weight is 227 g/mol. The molecule has 1 rings (SSSR count). The second-order valence-electron chi connectivity index (χ2n) is 3.41. The molecule has 0 bridgehead atoms. The molecule has 88 valence electrons. The molecule has 0 aliphatic rings. The van der Waals surface area contributed by atoms with Gasteiger partial charge >= 0.3 is 5.97 Å². The number of carbonyl (C=O) groups is 2. The van der Waals surface area contributed by atoms with E-state index in [-0.39, 0.29) is 6.54 Å². The number of carboxylic acids is 1. The maximum Gasteiger partial charge on any atom is 0.310 e. The fraction of sp³-hybridized carbons (Fsp3) is 0.400. The van der Waals surface area contributed by atoms with Crippen LogP contribution in [0.5, 0.6) is 0 Å². The zero-order chi connectivity index (χ0) is 12.1. The van der Waals surface area contributed by atoms with Gasteiger partial charge in [0.1, 0.15) is 6.26 Å². The predicted octanol–water partition coefficient (Wildman–Crippen LogP) is 0.0910. The summed E-state index contributed by atoms with van der Waals surface area (Å²) in [4.78, 5) is 22.1. The molecule has 0 saturated heterocycles. The first-order valence-electron chi connectivity index (χ1n) is 4.73. The Kier molecular flexibility index (Phi) is 4.07. The molecule has 6 heteroatoms. The van der Waals surface area contributed by atoms with Crippen molar-refractivity contribution in [1.82, 2.24) is 5.32 Å². The van der Waals surface area contributed by atoms with Crippen LogP contribution in [0.3, 0.4) is 0 Å². The lowest BCUT2D eigenvalue weighted by molar-refractivity contribution is -0.144. The number of carboxylic acid groups (broad SMARTS) is 1. The van der Waals surface area contributed by atoms with Crippen LogP contribution < -0.4 is 5.32 Å². The highest BCUT2D eigenvalue weighted by atomic mass is 16.4. The molecule has 6 nitrogen and oxygen atoms in total. The summed E-state index contributed by atoms with van der Waals surface area (Å²) in [5.74, 6) is -2.60. The van der Waals surface area contributed by atoms with Gasteiger partial charge in [-0.15, -0.1) is 0 Å². The van der Waals surface area contributed by atoms with Crippen LogP contribution in [0.25, 0.3) is 0 Å². The highest BCUT2D eigenvalue weighted by molar-refractivity contribution is 5.93. The fourth-order valence-electron chi connectivity index (χ4n) is 1.16. The topological polar surface area (TPSA) is 99.8 Å². The minimum Gasteiger partial charge on any atom is -0.481 e. The van der Waals surface area contributed by atoms with Gasteiger partial charge in [-0.1, -0.05) is 0 Å². The van der Waals surface area contributed by atoms with Crippen LogP contribution in [0.1, 0.15) is 17.3 Å². The number of aliphatic hydroxyl groups excluding tert-OH is 1. The van der Waals surface area contributed by atoms with Crippen molar-refractivity contribution in [1.29, 1.82) is 0 Å². The second-order valence-corrected chi connectivity index (χ2v) is 3.41. The molecule has 0 fully saturated rings. The Hall–Kier alpha value is -1.82. The molecule has 0 unspecified atom stereocenters. The van der Waals surface area contributed by atoms with Crippen molar-refractivity contribution < 1.29 is 24.2 Å². The Labute approximate surface area is 91.9 Å². The van der Waals surface area contributed by atoms with E-state index >= 15 is 0 Å². The average Bonchev–Trinajstić information content (AvgIpc) is 2.69. The second kappa shape index (κ2) is 5.32. The monoisotopic (exact) mass is 227 g/mol. The Bertz CT molecular complexity index is 357. The van der Waals surface area contributed by atoms with Crippen molar-refractivity contribution in [3.05, 3.63) is 24.2 Å². The molecule has 0 radical (unpaired) electrons. The molecule has 0 aliphatic heterocycles. The Morgan fingerprint density at radius 3 is 2.69 bits per heavy atom. The maximum absolute atomic E-state index is 11.4. The fourth-order valence-corrected chi connectivity index (χ4v) is 1.16. The summed E-state index contributed by atoms with van der Waals surface area (Å²) in [6.45, 7) is 1.24. The van der Waals surface area contributed by atoms with E-state index in [1.54, 1.807) is 0 Å². The van der Waals surface area contributed by atoms with Crippen molar-refractivity contribution in [3.63, 3.8) is 0 Å². The lowest BCUT2D eigenvalue weighted by Crippen LogP contribution is -2.38. The van der Waals surface area contributed by atoms with Crippen LogP contribution in [0, 0.1) is 5.92 Å². The zero-order valence-electron chi connectivity index (χ0n) is 8.71. The van der Waals surface area contributed by atoms with Gasteiger partial charge in [0.15, 0.2) is 0 Å². The number of hydrogen-bond acceptors (Lipinski definition) is 4. The lowest BCUT2D eigenvalue weighted by Gasteiger charge is -2.15. The van der Waals surface area contributed by atoms with Gasteiger partial charge in [0.2, 0.25) is 0 Å². The van der Waals surface area contributed by atoms with Gasteiger partial charge in [0, 0.05) is 6.54 Å². The number of carbonyl (C=O) groups excluding carboxylic acids is 1. The maximum atomic E-state index is 11.4. The Morgan fingerprint density at radius 1 is 1.56 bits per heavy atom. The highest BCUT2D eigenvalue weighted by Crippen LogP contribution is 2.04. The largest absolute Gasteiger partial charge is 0.481 e. The van der Waals surface area contributed by atoms with Crippen molar-refractivity contribution >= 4 is 11.9 Å². The van der Waals surface area contributed by atoms with Gasteiger partial charge < -0.3 is 19.9 Å².